The Morgan fingerprint density at radius 1 is 0.938 bits per heavy atom. The van der Waals surface area contributed by atoms with Gasteiger partial charge >= 0.3 is 6.03 Å². The van der Waals surface area contributed by atoms with E-state index in [4.69, 9.17) is 9.62 Å². The van der Waals surface area contributed by atoms with Crippen molar-refractivity contribution in [3.05, 3.63) is 113 Å². The molecule has 3 heterocycles. The van der Waals surface area contributed by atoms with Gasteiger partial charge in [0.25, 0.3) is 0 Å². The molecular formula is C39H44N6O3. The number of anilines is 2. The molecule has 48 heavy (non-hydrogen) atoms. The van der Waals surface area contributed by atoms with E-state index < -0.39 is 0 Å². The average molecular weight is 645 g/mol. The summed E-state index contributed by atoms with van der Waals surface area (Å²) in [7, 11) is 0. The van der Waals surface area contributed by atoms with Crippen LogP contribution in [0, 0.1) is 19.8 Å². The maximum atomic E-state index is 14.2. The molecule has 5 aromatic rings. The van der Waals surface area contributed by atoms with Gasteiger partial charge in [0.05, 0.1) is 16.9 Å². The van der Waals surface area contributed by atoms with Crippen LogP contribution in [0.15, 0.2) is 89.5 Å². The highest BCUT2D eigenvalue weighted by molar-refractivity contribution is 6.03. The number of para-hydroxylation sites is 1. The van der Waals surface area contributed by atoms with Crippen LogP contribution in [0.25, 0.3) is 16.9 Å². The van der Waals surface area contributed by atoms with Crippen LogP contribution < -0.4 is 16.0 Å². The Morgan fingerprint density at radius 2 is 1.62 bits per heavy atom. The number of Topliss-reactive ketones (excluding diaryl/α,β-unsaturated/α-hetero) is 1. The SMILES string of the molecule is Cc1ccc(-n2nc(C(C)(C)C)cc2NC(=O)Nc2ccccc2C(CC(=O)c2c(-c3ccccc3)noc2C)C2CCNCC2)cc1. The number of amides is 2. The van der Waals surface area contributed by atoms with E-state index in [0.717, 1.165) is 54.0 Å². The lowest BCUT2D eigenvalue weighted by Crippen LogP contribution is -2.32. The molecule has 0 radical (unpaired) electrons. The Morgan fingerprint density at radius 3 is 2.33 bits per heavy atom. The van der Waals surface area contributed by atoms with Gasteiger partial charge < -0.3 is 15.2 Å². The average Bonchev–Trinajstić information content (AvgIpc) is 3.69. The van der Waals surface area contributed by atoms with Gasteiger partial charge in [0.15, 0.2) is 5.78 Å². The van der Waals surface area contributed by atoms with Crippen molar-refractivity contribution in [1.29, 1.82) is 0 Å². The van der Waals surface area contributed by atoms with E-state index in [2.05, 4.69) is 41.9 Å². The first kappa shape index (κ1) is 32.9. The van der Waals surface area contributed by atoms with E-state index in [9.17, 15) is 9.59 Å². The number of hydrogen-bond donors (Lipinski definition) is 3. The number of rotatable bonds is 9. The number of aryl methyl sites for hydroxylation is 2. The quantitative estimate of drug-likeness (QED) is 0.139. The summed E-state index contributed by atoms with van der Waals surface area (Å²) >= 11 is 0. The Kier molecular flexibility index (Phi) is 9.59. The van der Waals surface area contributed by atoms with Crippen molar-refractivity contribution in [2.24, 2.45) is 5.92 Å². The van der Waals surface area contributed by atoms with Crippen LogP contribution in [0.1, 0.15) is 78.9 Å². The highest BCUT2D eigenvalue weighted by Crippen LogP contribution is 2.40. The lowest BCUT2D eigenvalue weighted by Gasteiger charge is -2.32. The van der Waals surface area contributed by atoms with Crippen LogP contribution in [-0.4, -0.2) is 39.8 Å². The molecule has 1 saturated heterocycles. The molecule has 0 spiro atoms. The second-order valence-corrected chi connectivity index (χ2v) is 13.7. The molecule has 9 nitrogen and oxygen atoms in total. The van der Waals surface area contributed by atoms with E-state index in [1.54, 1.807) is 11.6 Å². The number of piperidine rings is 1. The maximum absolute atomic E-state index is 14.2. The predicted molar refractivity (Wildman–Crippen MR) is 190 cm³/mol. The molecule has 1 unspecified atom stereocenters. The molecule has 1 aliphatic rings. The molecule has 248 valence electrons. The van der Waals surface area contributed by atoms with Gasteiger partial charge in [-0.05, 0) is 75.4 Å². The van der Waals surface area contributed by atoms with Crippen LogP contribution in [-0.2, 0) is 5.41 Å². The van der Waals surface area contributed by atoms with Crippen LogP contribution in [0.2, 0.25) is 0 Å². The summed E-state index contributed by atoms with van der Waals surface area (Å²) in [6.45, 7) is 11.9. The second kappa shape index (κ2) is 14.0. The summed E-state index contributed by atoms with van der Waals surface area (Å²) in [5.74, 6) is 1.18. The molecule has 3 aromatic carbocycles. The van der Waals surface area contributed by atoms with Gasteiger partial charge in [-0.3, -0.25) is 10.1 Å². The minimum absolute atomic E-state index is 0.0212. The fraction of sp³-hybridized carbons (Fsp3) is 0.333. The van der Waals surface area contributed by atoms with Gasteiger partial charge in [0, 0.05) is 29.2 Å². The van der Waals surface area contributed by atoms with Crippen molar-refractivity contribution in [1.82, 2.24) is 20.3 Å². The van der Waals surface area contributed by atoms with Crippen LogP contribution in [0.4, 0.5) is 16.3 Å². The molecule has 0 aliphatic carbocycles. The maximum Gasteiger partial charge on any atom is 0.324 e. The standard InChI is InChI=1S/C39H44N6O3/c1-25-15-17-29(18-16-25)45-35(24-34(43-45)39(3,4)5)42-38(47)41-32-14-10-9-13-30(32)31(27-19-21-40-22-20-27)23-33(46)36-26(2)48-44-37(36)28-11-7-6-8-12-28/h6-18,24,27,31,40H,19-23H2,1-5H3,(H2,41,42,47). The highest BCUT2D eigenvalue weighted by Gasteiger charge is 2.32. The number of ketones is 1. The van der Waals surface area contributed by atoms with E-state index in [1.165, 1.54) is 0 Å². The lowest BCUT2D eigenvalue weighted by molar-refractivity contribution is 0.0958. The number of urea groups is 1. The summed E-state index contributed by atoms with van der Waals surface area (Å²) in [6.07, 6.45) is 2.12. The highest BCUT2D eigenvalue weighted by atomic mass is 16.5. The number of aromatic nitrogens is 3. The molecule has 0 bridgehead atoms. The normalized spacial score (nSPS) is 14.4. The molecule has 2 aromatic heterocycles. The van der Waals surface area contributed by atoms with E-state index in [-0.39, 0.29) is 35.5 Å². The first-order valence-electron chi connectivity index (χ1n) is 16.7. The zero-order valence-corrected chi connectivity index (χ0v) is 28.3. The molecule has 1 atom stereocenters. The summed E-state index contributed by atoms with van der Waals surface area (Å²) in [6, 6.07) is 27.1. The first-order valence-corrected chi connectivity index (χ1v) is 16.7. The minimum atomic E-state index is -0.382. The van der Waals surface area contributed by atoms with Crippen molar-refractivity contribution >= 4 is 23.3 Å². The van der Waals surface area contributed by atoms with Crippen molar-refractivity contribution in [2.45, 2.75) is 65.2 Å². The molecule has 6 rings (SSSR count). The fourth-order valence-corrected chi connectivity index (χ4v) is 6.50. The summed E-state index contributed by atoms with van der Waals surface area (Å²) < 4.78 is 7.33. The number of hydrogen-bond acceptors (Lipinski definition) is 6. The fourth-order valence-electron chi connectivity index (χ4n) is 6.50. The van der Waals surface area contributed by atoms with Gasteiger partial charge in [-0.15, -0.1) is 0 Å². The zero-order chi connectivity index (χ0) is 33.8. The van der Waals surface area contributed by atoms with E-state index in [1.807, 2.05) is 91.9 Å². The summed E-state index contributed by atoms with van der Waals surface area (Å²) in [4.78, 5) is 27.9. The molecular weight excluding hydrogens is 600 g/mol. The molecule has 1 aliphatic heterocycles. The van der Waals surface area contributed by atoms with E-state index >= 15 is 0 Å². The third-order valence-electron chi connectivity index (χ3n) is 9.15. The minimum Gasteiger partial charge on any atom is -0.360 e. The van der Waals surface area contributed by atoms with Crippen molar-refractivity contribution in [2.75, 3.05) is 23.7 Å². The summed E-state index contributed by atoms with van der Waals surface area (Å²) in [5.41, 5.74) is 6.18. The molecule has 9 heteroatoms. The van der Waals surface area contributed by atoms with Gasteiger partial charge in [0.2, 0.25) is 0 Å². The number of benzene rings is 3. The topological polar surface area (TPSA) is 114 Å². The number of nitrogens with zero attached hydrogens (tertiary/aromatic N) is 3. The lowest BCUT2D eigenvalue weighted by atomic mass is 9.76. The number of carbonyl (C=O) groups excluding carboxylic acids is 2. The van der Waals surface area contributed by atoms with Crippen molar-refractivity contribution < 1.29 is 14.1 Å². The van der Waals surface area contributed by atoms with Crippen LogP contribution in [0.5, 0.6) is 0 Å². The third-order valence-corrected chi connectivity index (χ3v) is 9.15. The Balaban J connectivity index is 1.29. The molecule has 1 fully saturated rings. The first-order chi connectivity index (χ1) is 23.1. The van der Waals surface area contributed by atoms with Crippen LogP contribution in [0.3, 0.4) is 0 Å². The predicted octanol–water partition coefficient (Wildman–Crippen LogP) is 8.44. The number of carbonyl (C=O) groups is 2. The summed E-state index contributed by atoms with van der Waals surface area (Å²) in [5, 5.41) is 18.8. The zero-order valence-electron chi connectivity index (χ0n) is 28.3. The van der Waals surface area contributed by atoms with Crippen LogP contribution >= 0.6 is 0 Å². The second-order valence-electron chi connectivity index (χ2n) is 13.7. The smallest absolute Gasteiger partial charge is 0.324 e. The Bertz CT molecular complexity index is 1880. The molecule has 2 amide bonds. The van der Waals surface area contributed by atoms with Crippen molar-refractivity contribution in [3.63, 3.8) is 0 Å². The Hall–Kier alpha value is -5.02. The monoisotopic (exact) mass is 644 g/mol. The van der Waals surface area contributed by atoms with Gasteiger partial charge in [-0.1, -0.05) is 92.2 Å². The van der Waals surface area contributed by atoms with Gasteiger partial charge in [0.1, 0.15) is 17.3 Å². The largest absolute Gasteiger partial charge is 0.360 e. The van der Waals surface area contributed by atoms with Gasteiger partial charge in [-0.25, -0.2) is 9.48 Å². The van der Waals surface area contributed by atoms with Gasteiger partial charge in [-0.2, -0.15) is 5.10 Å². The van der Waals surface area contributed by atoms with E-state index in [0.29, 0.717) is 28.5 Å². The van der Waals surface area contributed by atoms with Crippen molar-refractivity contribution in [3.8, 4) is 16.9 Å². The number of nitrogens with one attached hydrogen (secondary N) is 3. The molecule has 0 saturated carbocycles. The third kappa shape index (κ3) is 7.26. The molecule has 3 N–H and O–H groups in total. The Labute approximate surface area is 282 Å².